The Morgan fingerprint density at radius 1 is 1.40 bits per heavy atom. The minimum atomic E-state index is -1.19. The minimum absolute atomic E-state index is 0.0491. The zero-order chi connectivity index (χ0) is 15.0. The largest absolute Gasteiger partial charge is 0.480 e. The number of rotatable bonds is 7. The molecule has 0 saturated carbocycles. The van der Waals surface area contributed by atoms with E-state index in [1.165, 1.54) is 0 Å². The van der Waals surface area contributed by atoms with Gasteiger partial charge in [0.05, 0.1) is 6.61 Å². The quantitative estimate of drug-likeness (QED) is 0.591. The Hall–Kier alpha value is -2.12. The number of carbonyl (C=O) groups is 2. The molecule has 0 spiro atoms. The zero-order valence-corrected chi connectivity index (χ0v) is 11.1. The normalized spacial score (nSPS) is 11.7. The van der Waals surface area contributed by atoms with Gasteiger partial charge in [-0.1, -0.05) is 12.1 Å². The maximum Gasteiger partial charge on any atom is 0.326 e. The highest BCUT2D eigenvalue weighted by molar-refractivity contribution is 5.92. The van der Waals surface area contributed by atoms with Crippen molar-refractivity contribution < 1.29 is 24.5 Å². The van der Waals surface area contributed by atoms with Gasteiger partial charge >= 0.3 is 12.0 Å². The Balaban J connectivity index is 2.61. The van der Waals surface area contributed by atoms with Crippen molar-refractivity contribution in [1.82, 2.24) is 5.32 Å². The lowest BCUT2D eigenvalue weighted by atomic mass is 10.2. The average Bonchev–Trinajstić information content (AvgIpc) is 2.38. The van der Waals surface area contributed by atoms with Crippen LogP contribution < -0.4 is 10.6 Å². The number of aliphatic hydroxyl groups is 1. The predicted molar refractivity (Wildman–Crippen MR) is 72.4 cm³/mol. The van der Waals surface area contributed by atoms with Crippen molar-refractivity contribution in [3.05, 3.63) is 29.8 Å². The molecule has 1 aromatic rings. The van der Waals surface area contributed by atoms with E-state index in [0.717, 1.165) is 5.56 Å². The van der Waals surface area contributed by atoms with E-state index in [-0.39, 0.29) is 13.0 Å². The van der Waals surface area contributed by atoms with Crippen molar-refractivity contribution in [2.24, 2.45) is 0 Å². The van der Waals surface area contributed by atoms with Crippen molar-refractivity contribution in [1.29, 1.82) is 0 Å². The Morgan fingerprint density at radius 2 is 2.15 bits per heavy atom. The number of aliphatic carboxylic acids is 1. The monoisotopic (exact) mass is 282 g/mol. The first kappa shape index (κ1) is 15.9. The summed E-state index contributed by atoms with van der Waals surface area (Å²) in [5, 5.41) is 22.4. The van der Waals surface area contributed by atoms with Gasteiger partial charge in [0.1, 0.15) is 6.04 Å². The zero-order valence-electron chi connectivity index (χ0n) is 11.1. The highest BCUT2D eigenvalue weighted by Gasteiger charge is 2.19. The van der Waals surface area contributed by atoms with Gasteiger partial charge in [-0.25, -0.2) is 9.59 Å². The smallest absolute Gasteiger partial charge is 0.326 e. The second-order valence-corrected chi connectivity index (χ2v) is 4.13. The number of hydrogen-bond acceptors (Lipinski definition) is 4. The van der Waals surface area contributed by atoms with Crippen molar-refractivity contribution in [2.45, 2.75) is 19.1 Å². The predicted octanol–water partition coefficient (Wildman–Crippen LogP) is 0.790. The first-order valence-corrected chi connectivity index (χ1v) is 6.06. The molecule has 7 heteroatoms. The Kier molecular flexibility index (Phi) is 6.48. The molecule has 0 saturated heterocycles. The molecular formula is C13H18N2O5. The van der Waals surface area contributed by atoms with Gasteiger partial charge in [-0.15, -0.1) is 0 Å². The lowest BCUT2D eigenvalue weighted by molar-refractivity contribution is -0.139. The molecule has 0 unspecified atom stereocenters. The minimum Gasteiger partial charge on any atom is -0.480 e. The summed E-state index contributed by atoms with van der Waals surface area (Å²) in [5.41, 5.74) is 1.42. The number of ether oxygens (including phenoxy) is 1. The molecule has 0 bridgehead atoms. The fraction of sp³-hybridized carbons (Fsp3) is 0.385. The summed E-state index contributed by atoms with van der Waals surface area (Å²) in [6, 6.07) is 5.25. The van der Waals surface area contributed by atoms with Crippen LogP contribution >= 0.6 is 0 Å². The number of urea groups is 1. The number of nitrogens with one attached hydrogen (secondary N) is 2. The van der Waals surface area contributed by atoms with E-state index in [1.807, 2.05) is 6.07 Å². The van der Waals surface area contributed by atoms with Gasteiger partial charge in [0.15, 0.2) is 0 Å². The third-order valence-electron chi connectivity index (χ3n) is 2.52. The third kappa shape index (κ3) is 5.25. The number of carboxylic acids is 1. The van der Waals surface area contributed by atoms with Crippen molar-refractivity contribution in [2.75, 3.05) is 19.0 Å². The van der Waals surface area contributed by atoms with E-state index in [9.17, 15) is 9.59 Å². The fourth-order valence-corrected chi connectivity index (χ4v) is 1.62. The van der Waals surface area contributed by atoms with Gasteiger partial charge in [-0.3, -0.25) is 0 Å². The molecule has 2 amide bonds. The number of carbonyl (C=O) groups excluding carboxylic acids is 1. The first-order chi connectivity index (χ1) is 9.56. The van der Waals surface area contributed by atoms with Gasteiger partial charge in [-0.2, -0.15) is 0 Å². The number of benzene rings is 1. The van der Waals surface area contributed by atoms with Crippen LogP contribution in [-0.2, 0) is 16.1 Å². The summed E-state index contributed by atoms with van der Waals surface area (Å²) in [7, 11) is 1.57. The lowest BCUT2D eigenvalue weighted by Gasteiger charge is -2.14. The molecule has 0 aliphatic rings. The molecule has 0 radical (unpaired) electrons. The van der Waals surface area contributed by atoms with Crippen LogP contribution in [0.1, 0.15) is 12.0 Å². The molecule has 7 nitrogen and oxygen atoms in total. The van der Waals surface area contributed by atoms with Crippen LogP contribution in [0.4, 0.5) is 10.5 Å². The first-order valence-electron chi connectivity index (χ1n) is 6.06. The molecular weight excluding hydrogens is 264 g/mol. The number of carboxylic acid groups (broad SMARTS) is 1. The van der Waals surface area contributed by atoms with Gasteiger partial charge < -0.3 is 25.6 Å². The Bertz CT molecular complexity index is 464. The van der Waals surface area contributed by atoms with Crippen molar-refractivity contribution in [3.8, 4) is 0 Å². The van der Waals surface area contributed by atoms with E-state index in [0.29, 0.717) is 12.3 Å². The number of amides is 2. The molecule has 110 valence electrons. The maximum atomic E-state index is 11.7. The van der Waals surface area contributed by atoms with Crippen LogP contribution in [0.25, 0.3) is 0 Å². The van der Waals surface area contributed by atoms with Crippen LogP contribution in [0.15, 0.2) is 24.3 Å². The summed E-state index contributed by atoms with van der Waals surface area (Å²) in [6.45, 7) is 0.0972. The Morgan fingerprint density at radius 3 is 2.75 bits per heavy atom. The van der Waals surface area contributed by atoms with Gasteiger partial charge in [0, 0.05) is 25.8 Å². The number of methoxy groups -OCH3 is 1. The van der Waals surface area contributed by atoms with Crippen LogP contribution in [0.2, 0.25) is 0 Å². The standard InChI is InChI=1S/C13H18N2O5/c1-20-8-9-3-2-4-10(7-9)14-13(19)15-11(5-6-16)12(17)18/h2-4,7,11,16H,5-6,8H2,1H3,(H,17,18)(H2,14,15,19)/t11-/m1/s1. The molecule has 0 aliphatic carbocycles. The van der Waals surface area contributed by atoms with Crippen molar-refractivity contribution in [3.63, 3.8) is 0 Å². The van der Waals surface area contributed by atoms with Crippen LogP contribution in [0.3, 0.4) is 0 Å². The molecule has 1 atom stereocenters. The van der Waals surface area contributed by atoms with E-state index in [2.05, 4.69) is 10.6 Å². The topological polar surface area (TPSA) is 108 Å². The summed E-state index contributed by atoms with van der Waals surface area (Å²) in [5.74, 6) is -1.19. The number of hydrogen-bond donors (Lipinski definition) is 4. The van der Waals surface area contributed by atoms with E-state index in [1.54, 1.807) is 25.3 Å². The van der Waals surface area contributed by atoms with E-state index in [4.69, 9.17) is 14.9 Å². The summed E-state index contributed by atoms with van der Waals surface area (Å²) in [4.78, 5) is 22.5. The highest BCUT2D eigenvalue weighted by atomic mass is 16.5. The number of aliphatic hydroxyl groups excluding tert-OH is 1. The van der Waals surface area contributed by atoms with Crippen LogP contribution in [0.5, 0.6) is 0 Å². The van der Waals surface area contributed by atoms with Crippen LogP contribution in [-0.4, -0.2) is 42.0 Å². The van der Waals surface area contributed by atoms with Crippen LogP contribution in [0, 0.1) is 0 Å². The highest BCUT2D eigenvalue weighted by Crippen LogP contribution is 2.11. The summed E-state index contributed by atoms with van der Waals surface area (Å²) < 4.78 is 4.98. The second-order valence-electron chi connectivity index (χ2n) is 4.13. The molecule has 0 aromatic heterocycles. The van der Waals surface area contributed by atoms with Gasteiger partial charge in [-0.05, 0) is 17.7 Å². The van der Waals surface area contributed by atoms with E-state index < -0.39 is 18.0 Å². The maximum absolute atomic E-state index is 11.7. The van der Waals surface area contributed by atoms with Gasteiger partial charge in [0.2, 0.25) is 0 Å². The molecule has 4 N–H and O–H groups in total. The SMILES string of the molecule is COCc1cccc(NC(=O)N[C@H](CCO)C(=O)O)c1. The molecule has 0 aliphatic heterocycles. The third-order valence-corrected chi connectivity index (χ3v) is 2.52. The average molecular weight is 282 g/mol. The second kappa shape index (κ2) is 8.13. The molecule has 0 heterocycles. The molecule has 20 heavy (non-hydrogen) atoms. The summed E-state index contributed by atoms with van der Waals surface area (Å²) in [6.07, 6.45) is -0.0491. The molecule has 0 fully saturated rings. The fourth-order valence-electron chi connectivity index (χ4n) is 1.62. The van der Waals surface area contributed by atoms with Crippen molar-refractivity contribution >= 4 is 17.7 Å². The lowest BCUT2D eigenvalue weighted by Crippen LogP contribution is -2.43. The molecule has 1 aromatic carbocycles. The molecule has 1 rings (SSSR count). The number of anilines is 1. The van der Waals surface area contributed by atoms with E-state index >= 15 is 0 Å². The Labute approximate surface area is 116 Å². The summed E-state index contributed by atoms with van der Waals surface area (Å²) >= 11 is 0. The van der Waals surface area contributed by atoms with Gasteiger partial charge in [0.25, 0.3) is 0 Å².